The Hall–Kier alpha value is -2.70. The van der Waals surface area contributed by atoms with Crippen molar-refractivity contribution in [2.75, 3.05) is 0 Å². The van der Waals surface area contributed by atoms with Crippen LogP contribution in [0.15, 0.2) is 24.3 Å². The fourth-order valence-electron chi connectivity index (χ4n) is 2.80. The molecule has 0 atom stereocenters. The van der Waals surface area contributed by atoms with Crippen molar-refractivity contribution in [3.8, 4) is 0 Å². The number of aromatic nitrogens is 2. The maximum atomic E-state index is 12.2. The first-order valence-corrected chi connectivity index (χ1v) is 8.45. The number of hydrogen-bond donors (Lipinski definition) is 1. The second-order valence-electron chi connectivity index (χ2n) is 6.12. The SMILES string of the molecule is CCC(CC)NC(=O)c1ccc(Cn2nc(C)c([N+](=O)[O-])c2C)cc1. The fraction of sp³-hybridized carbons (Fsp3) is 0.444. The average Bonchev–Trinajstić information content (AvgIpc) is 2.86. The summed E-state index contributed by atoms with van der Waals surface area (Å²) < 4.78 is 1.62. The number of nitrogens with one attached hydrogen (secondary N) is 1. The Balaban J connectivity index is 2.12. The van der Waals surface area contributed by atoms with Crippen molar-refractivity contribution in [3.63, 3.8) is 0 Å². The summed E-state index contributed by atoms with van der Waals surface area (Å²) >= 11 is 0. The molecular formula is C18H24N4O3. The third-order valence-electron chi connectivity index (χ3n) is 4.40. The van der Waals surface area contributed by atoms with Crippen molar-refractivity contribution in [3.05, 3.63) is 56.9 Å². The van der Waals surface area contributed by atoms with Crippen molar-refractivity contribution in [1.82, 2.24) is 15.1 Å². The summed E-state index contributed by atoms with van der Waals surface area (Å²) in [5.41, 5.74) is 2.53. The van der Waals surface area contributed by atoms with Gasteiger partial charge in [0.05, 0.1) is 11.5 Å². The van der Waals surface area contributed by atoms with E-state index in [1.54, 1.807) is 30.7 Å². The molecule has 2 rings (SSSR count). The number of benzene rings is 1. The van der Waals surface area contributed by atoms with Gasteiger partial charge in [0, 0.05) is 11.6 Å². The van der Waals surface area contributed by atoms with Gasteiger partial charge < -0.3 is 5.32 Å². The van der Waals surface area contributed by atoms with Crippen LogP contribution in [-0.4, -0.2) is 26.7 Å². The summed E-state index contributed by atoms with van der Waals surface area (Å²) in [6.45, 7) is 7.84. The molecule has 0 aliphatic heterocycles. The zero-order valence-corrected chi connectivity index (χ0v) is 15.1. The lowest BCUT2D eigenvalue weighted by molar-refractivity contribution is -0.386. The minimum absolute atomic E-state index is 0.0566. The van der Waals surface area contributed by atoms with Gasteiger partial charge in [0.2, 0.25) is 0 Å². The number of amides is 1. The zero-order valence-electron chi connectivity index (χ0n) is 15.1. The van der Waals surface area contributed by atoms with Crippen LogP contribution >= 0.6 is 0 Å². The predicted molar refractivity (Wildman–Crippen MR) is 95.7 cm³/mol. The number of carbonyl (C=O) groups is 1. The van der Waals surface area contributed by atoms with E-state index in [0.717, 1.165) is 18.4 Å². The molecule has 0 radical (unpaired) electrons. The van der Waals surface area contributed by atoms with Gasteiger partial charge in [-0.25, -0.2) is 0 Å². The molecule has 0 saturated carbocycles. The lowest BCUT2D eigenvalue weighted by Gasteiger charge is -2.14. The van der Waals surface area contributed by atoms with Crippen molar-refractivity contribution in [2.45, 2.75) is 53.1 Å². The highest BCUT2D eigenvalue weighted by Crippen LogP contribution is 2.22. The zero-order chi connectivity index (χ0) is 18.6. The summed E-state index contributed by atoms with van der Waals surface area (Å²) in [5.74, 6) is -0.0815. The standard InChI is InChI=1S/C18H24N4O3/c1-5-16(6-2)19-18(23)15-9-7-14(8-10-15)11-21-13(4)17(22(24)25)12(3)20-21/h7-10,16H,5-6,11H2,1-4H3,(H,19,23). The first-order valence-electron chi connectivity index (χ1n) is 8.45. The van der Waals surface area contributed by atoms with Crippen LogP contribution in [0.5, 0.6) is 0 Å². The Labute approximate surface area is 147 Å². The lowest BCUT2D eigenvalue weighted by Crippen LogP contribution is -2.33. The Bertz CT molecular complexity index is 761. The van der Waals surface area contributed by atoms with Gasteiger partial charge in [-0.05, 0) is 44.4 Å². The first-order chi connectivity index (χ1) is 11.9. The Morgan fingerprint density at radius 1 is 1.24 bits per heavy atom. The highest BCUT2D eigenvalue weighted by molar-refractivity contribution is 5.94. The molecule has 1 aromatic heterocycles. The van der Waals surface area contributed by atoms with Crippen molar-refractivity contribution in [1.29, 1.82) is 0 Å². The van der Waals surface area contributed by atoms with Crippen LogP contribution in [0.3, 0.4) is 0 Å². The van der Waals surface area contributed by atoms with E-state index in [4.69, 9.17) is 0 Å². The van der Waals surface area contributed by atoms with Crippen molar-refractivity contribution < 1.29 is 9.72 Å². The third kappa shape index (κ3) is 4.23. The smallest absolute Gasteiger partial charge is 0.312 e. The van der Waals surface area contributed by atoms with Gasteiger partial charge in [0.15, 0.2) is 0 Å². The maximum absolute atomic E-state index is 12.2. The summed E-state index contributed by atoms with van der Waals surface area (Å²) in [7, 11) is 0. The second-order valence-corrected chi connectivity index (χ2v) is 6.12. The van der Waals surface area contributed by atoms with Gasteiger partial charge in [-0.3, -0.25) is 19.6 Å². The van der Waals surface area contributed by atoms with Gasteiger partial charge in [0.1, 0.15) is 11.4 Å². The number of nitro groups is 1. The van der Waals surface area contributed by atoms with Gasteiger partial charge in [0.25, 0.3) is 5.91 Å². The summed E-state index contributed by atoms with van der Waals surface area (Å²) in [6.07, 6.45) is 1.80. The van der Waals surface area contributed by atoms with E-state index in [-0.39, 0.29) is 17.6 Å². The van der Waals surface area contributed by atoms with Crippen molar-refractivity contribution in [2.24, 2.45) is 0 Å². The van der Waals surface area contributed by atoms with Gasteiger partial charge in [-0.15, -0.1) is 0 Å². The molecular weight excluding hydrogens is 320 g/mol. The molecule has 25 heavy (non-hydrogen) atoms. The lowest BCUT2D eigenvalue weighted by atomic mass is 10.1. The van der Waals surface area contributed by atoms with Gasteiger partial charge in [-0.1, -0.05) is 26.0 Å². The molecule has 0 saturated heterocycles. The molecule has 1 aromatic carbocycles. The Morgan fingerprint density at radius 2 is 1.84 bits per heavy atom. The molecule has 1 N–H and O–H groups in total. The number of carbonyl (C=O) groups excluding carboxylic acids is 1. The minimum Gasteiger partial charge on any atom is -0.349 e. The molecule has 0 bridgehead atoms. The Kier molecular flexibility index (Phi) is 5.90. The van der Waals surface area contributed by atoms with E-state index < -0.39 is 4.92 Å². The molecule has 2 aromatic rings. The fourth-order valence-corrected chi connectivity index (χ4v) is 2.80. The number of nitrogens with zero attached hydrogens (tertiary/aromatic N) is 3. The molecule has 7 nitrogen and oxygen atoms in total. The van der Waals surface area contributed by atoms with Crippen LogP contribution in [0, 0.1) is 24.0 Å². The van der Waals surface area contributed by atoms with E-state index in [1.807, 2.05) is 26.0 Å². The van der Waals surface area contributed by atoms with E-state index in [0.29, 0.717) is 23.5 Å². The van der Waals surface area contributed by atoms with Crippen LogP contribution in [-0.2, 0) is 6.54 Å². The van der Waals surface area contributed by atoms with E-state index in [9.17, 15) is 14.9 Å². The van der Waals surface area contributed by atoms with E-state index in [2.05, 4.69) is 10.4 Å². The van der Waals surface area contributed by atoms with E-state index >= 15 is 0 Å². The number of aryl methyl sites for hydroxylation is 1. The summed E-state index contributed by atoms with van der Waals surface area (Å²) in [5, 5.41) is 18.3. The molecule has 7 heteroatoms. The first kappa shape index (κ1) is 18.6. The molecule has 0 aliphatic carbocycles. The van der Waals surface area contributed by atoms with Crippen LogP contribution in [0.1, 0.15) is 54.0 Å². The molecule has 0 aliphatic rings. The van der Waals surface area contributed by atoms with Gasteiger partial charge >= 0.3 is 5.69 Å². The Morgan fingerprint density at radius 3 is 2.32 bits per heavy atom. The second kappa shape index (κ2) is 7.92. The molecule has 1 heterocycles. The largest absolute Gasteiger partial charge is 0.349 e. The molecule has 0 unspecified atom stereocenters. The average molecular weight is 344 g/mol. The number of hydrogen-bond acceptors (Lipinski definition) is 4. The predicted octanol–water partition coefficient (Wildman–Crippen LogP) is 3.37. The normalized spacial score (nSPS) is 10.9. The van der Waals surface area contributed by atoms with Crippen LogP contribution in [0.4, 0.5) is 5.69 Å². The maximum Gasteiger partial charge on any atom is 0.312 e. The highest BCUT2D eigenvalue weighted by Gasteiger charge is 2.21. The van der Waals surface area contributed by atoms with Crippen molar-refractivity contribution >= 4 is 11.6 Å². The molecule has 0 spiro atoms. The third-order valence-corrected chi connectivity index (χ3v) is 4.40. The number of rotatable bonds is 7. The monoisotopic (exact) mass is 344 g/mol. The van der Waals surface area contributed by atoms with Gasteiger partial charge in [-0.2, -0.15) is 5.10 Å². The van der Waals surface area contributed by atoms with Crippen LogP contribution in [0.25, 0.3) is 0 Å². The summed E-state index contributed by atoms with van der Waals surface area (Å²) in [6, 6.07) is 7.43. The minimum atomic E-state index is -0.403. The van der Waals surface area contributed by atoms with Crippen LogP contribution < -0.4 is 5.32 Å². The highest BCUT2D eigenvalue weighted by atomic mass is 16.6. The molecule has 1 amide bonds. The molecule has 0 fully saturated rings. The van der Waals surface area contributed by atoms with Crippen LogP contribution in [0.2, 0.25) is 0 Å². The topological polar surface area (TPSA) is 90.1 Å². The quantitative estimate of drug-likeness (QED) is 0.616. The summed E-state index contributed by atoms with van der Waals surface area (Å²) in [4.78, 5) is 22.9. The molecule has 134 valence electrons. The van der Waals surface area contributed by atoms with E-state index in [1.165, 1.54) is 0 Å².